The maximum absolute atomic E-state index is 13.4. The van der Waals surface area contributed by atoms with Gasteiger partial charge in [0.05, 0.1) is 12.3 Å². The van der Waals surface area contributed by atoms with Crippen molar-refractivity contribution >= 4 is 23.6 Å². The molecule has 1 saturated carbocycles. The minimum Gasteiger partial charge on any atom is -0.352 e. The summed E-state index contributed by atoms with van der Waals surface area (Å²) in [6.07, 6.45) is 1.97. The van der Waals surface area contributed by atoms with Crippen LogP contribution in [0.3, 0.4) is 0 Å². The van der Waals surface area contributed by atoms with Gasteiger partial charge in [-0.05, 0) is 31.0 Å². The highest BCUT2D eigenvalue weighted by Gasteiger charge is 2.24. The van der Waals surface area contributed by atoms with Gasteiger partial charge in [-0.3, -0.25) is 9.59 Å². The van der Waals surface area contributed by atoms with E-state index < -0.39 is 11.6 Å². The highest BCUT2D eigenvalue weighted by atomic mass is 32.2. The van der Waals surface area contributed by atoms with Gasteiger partial charge in [-0.1, -0.05) is 0 Å². The summed E-state index contributed by atoms with van der Waals surface area (Å²) in [5.41, 5.74) is 0. The summed E-state index contributed by atoms with van der Waals surface area (Å²) in [5.74, 6) is -1.68. The fourth-order valence-corrected chi connectivity index (χ4v) is 2.54. The number of rotatable bonds is 6. The Morgan fingerprint density at radius 2 is 2.10 bits per heavy atom. The topological polar surface area (TPSA) is 49.4 Å². The van der Waals surface area contributed by atoms with Crippen molar-refractivity contribution in [2.24, 2.45) is 0 Å². The molecule has 0 atom stereocenters. The lowest BCUT2D eigenvalue weighted by Crippen LogP contribution is -2.39. The molecule has 1 aromatic carbocycles. The Morgan fingerprint density at radius 1 is 1.38 bits per heavy atom. The number of nitrogens with one attached hydrogen (secondary N) is 1. The predicted molar refractivity (Wildman–Crippen MR) is 75.9 cm³/mol. The first-order valence-electron chi connectivity index (χ1n) is 6.57. The van der Waals surface area contributed by atoms with Crippen molar-refractivity contribution < 1.29 is 18.4 Å². The first kappa shape index (κ1) is 15.8. The maximum Gasteiger partial charge on any atom is 0.239 e. The molecule has 114 valence electrons. The minimum absolute atomic E-state index is 0.0263. The van der Waals surface area contributed by atoms with E-state index in [9.17, 15) is 18.4 Å². The molecule has 1 N–H and O–H groups in total. The highest BCUT2D eigenvalue weighted by Crippen LogP contribution is 2.23. The summed E-state index contributed by atoms with van der Waals surface area (Å²) in [6.45, 7) is -0.0263. The van der Waals surface area contributed by atoms with Crippen molar-refractivity contribution in [1.82, 2.24) is 10.2 Å². The van der Waals surface area contributed by atoms with Crippen molar-refractivity contribution in [3.05, 3.63) is 29.8 Å². The second-order valence-corrected chi connectivity index (χ2v) is 5.97. The summed E-state index contributed by atoms with van der Waals surface area (Å²) < 4.78 is 26.4. The van der Waals surface area contributed by atoms with Crippen LogP contribution in [0.5, 0.6) is 0 Å². The summed E-state index contributed by atoms with van der Waals surface area (Å²) in [4.78, 5) is 24.8. The number of halogens is 2. The van der Waals surface area contributed by atoms with Gasteiger partial charge >= 0.3 is 0 Å². The fraction of sp³-hybridized carbons (Fsp3) is 0.429. The summed E-state index contributed by atoms with van der Waals surface area (Å²) >= 11 is 0.913. The standard InChI is InChI=1S/C14H16F2N2O2S/c1-18(7-13(19)17-10-3-4-10)14(20)8-21-12-6-9(15)2-5-11(12)16/h2,5-6,10H,3-4,7-8H2,1H3,(H,17,19). The molecule has 0 aliphatic heterocycles. The molecule has 0 radical (unpaired) electrons. The average molecular weight is 314 g/mol. The number of benzene rings is 1. The van der Waals surface area contributed by atoms with Crippen molar-refractivity contribution in [3.8, 4) is 0 Å². The summed E-state index contributed by atoms with van der Waals surface area (Å²) in [5, 5.41) is 2.78. The molecule has 1 aliphatic rings. The Balaban J connectivity index is 1.79. The Hall–Kier alpha value is -1.63. The lowest BCUT2D eigenvalue weighted by molar-refractivity contribution is -0.132. The molecule has 1 aliphatic carbocycles. The third kappa shape index (κ3) is 5.00. The Morgan fingerprint density at radius 3 is 2.76 bits per heavy atom. The van der Waals surface area contributed by atoms with Gasteiger partial charge in [0.15, 0.2) is 0 Å². The van der Waals surface area contributed by atoms with Gasteiger partial charge in [-0.2, -0.15) is 0 Å². The molecule has 0 spiro atoms. The van der Waals surface area contributed by atoms with Crippen LogP contribution in [0.15, 0.2) is 23.1 Å². The predicted octanol–water partition coefficient (Wildman–Crippen LogP) is 1.79. The molecule has 1 fully saturated rings. The number of nitrogens with zero attached hydrogens (tertiary/aromatic N) is 1. The molecule has 4 nitrogen and oxygen atoms in total. The number of hydrogen-bond acceptors (Lipinski definition) is 3. The normalized spacial score (nSPS) is 13.9. The van der Waals surface area contributed by atoms with Crippen LogP contribution in [0.1, 0.15) is 12.8 Å². The van der Waals surface area contributed by atoms with E-state index in [4.69, 9.17) is 0 Å². The lowest BCUT2D eigenvalue weighted by atomic mass is 10.3. The third-order valence-corrected chi connectivity index (χ3v) is 4.01. The van der Waals surface area contributed by atoms with Gasteiger partial charge in [-0.25, -0.2) is 8.78 Å². The van der Waals surface area contributed by atoms with Gasteiger partial charge < -0.3 is 10.2 Å². The van der Waals surface area contributed by atoms with E-state index in [0.29, 0.717) is 0 Å². The van der Waals surface area contributed by atoms with Gasteiger partial charge in [0.1, 0.15) is 11.6 Å². The smallest absolute Gasteiger partial charge is 0.239 e. The number of amides is 2. The van der Waals surface area contributed by atoms with Gasteiger partial charge in [0.2, 0.25) is 11.8 Å². The minimum atomic E-state index is -0.566. The van der Waals surface area contributed by atoms with Crippen LogP contribution in [-0.2, 0) is 9.59 Å². The highest BCUT2D eigenvalue weighted by molar-refractivity contribution is 8.00. The molecule has 0 bridgehead atoms. The van der Waals surface area contributed by atoms with E-state index in [1.807, 2.05) is 0 Å². The van der Waals surface area contributed by atoms with Crippen LogP contribution in [0, 0.1) is 11.6 Å². The second kappa shape index (κ2) is 6.89. The van der Waals surface area contributed by atoms with E-state index in [1.165, 1.54) is 11.9 Å². The Labute approximate surface area is 125 Å². The SMILES string of the molecule is CN(CC(=O)NC1CC1)C(=O)CSc1cc(F)ccc1F. The van der Waals surface area contributed by atoms with Crippen LogP contribution in [-0.4, -0.2) is 42.1 Å². The van der Waals surface area contributed by atoms with Crippen LogP contribution in [0.25, 0.3) is 0 Å². The van der Waals surface area contributed by atoms with E-state index >= 15 is 0 Å². The molecule has 2 rings (SSSR count). The number of likely N-dealkylation sites (N-methyl/N-ethyl adjacent to an activating group) is 1. The van der Waals surface area contributed by atoms with Crippen molar-refractivity contribution in [2.75, 3.05) is 19.3 Å². The maximum atomic E-state index is 13.4. The van der Waals surface area contributed by atoms with Crippen LogP contribution < -0.4 is 5.32 Å². The average Bonchev–Trinajstić information content (AvgIpc) is 3.23. The largest absolute Gasteiger partial charge is 0.352 e. The number of carbonyl (C=O) groups excluding carboxylic acids is 2. The quantitative estimate of drug-likeness (QED) is 0.815. The van der Waals surface area contributed by atoms with E-state index in [0.717, 1.165) is 42.8 Å². The molecule has 7 heteroatoms. The zero-order valence-electron chi connectivity index (χ0n) is 11.6. The zero-order valence-corrected chi connectivity index (χ0v) is 12.4. The number of carbonyl (C=O) groups is 2. The molecular weight excluding hydrogens is 298 g/mol. The van der Waals surface area contributed by atoms with Gasteiger partial charge in [0, 0.05) is 18.0 Å². The molecule has 0 saturated heterocycles. The second-order valence-electron chi connectivity index (χ2n) is 4.96. The first-order valence-corrected chi connectivity index (χ1v) is 7.55. The first-order chi connectivity index (χ1) is 9.95. The molecule has 2 amide bonds. The number of hydrogen-bond donors (Lipinski definition) is 1. The monoisotopic (exact) mass is 314 g/mol. The van der Waals surface area contributed by atoms with Crippen molar-refractivity contribution in [3.63, 3.8) is 0 Å². The van der Waals surface area contributed by atoms with E-state index in [2.05, 4.69) is 5.32 Å². The van der Waals surface area contributed by atoms with Crippen LogP contribution >= 0.6 is 11.8 Å². The van der Waals surface area contributed by atoms with Crippen molar-refractivity contribution in [2.45, 2.75) is 23.8 Å². The van der Waals surface area contributed by atoms with E-state index in [-0.39, 0.29) is 35.0 Å². The summed E-state index contributed by atoms with van der Waals surface area (Å²) in [6, 6.07) is 3.34. The molecule has 1 aromatic rings. The summed E-state index contributed by atoms with van der Waals surface area (Å²) in [7, 11) is 1.51. The molecule has 0 aromatic heterocycles. The molecule has 21 heavy (non-hydrogen) atoms. The fourth-order valence-electron chi connectivity index (χ4n) is 1.64. The molecular formula is C14H16F2N2O2S. The lowest BCUT2D eigenvalue weighted by Gasteiger charge is -2.16. The molecule has 0 unspecified atom stereocenters. The zero-order chi connectivity index (χ0) is 15.4. The van der Waals surface area contributed by atoms with Gasteiger partial charge in [0.25, 0.3) is 0 Å². The third-order valence-electron chi connectivity index (χ3n) is 2.99. The van der Waals surface area contributed by atoms with Crippen LogP contribution in [0.2, 0.25) is 0 Å². The molecule has 0 heterocycles. The van der Waals surface area contributed by atoms with E-state index in [1.54, 1.807) is 0 Å². The Kier molecular flexibility index (Phi) is 5.17. The number of thioether (sulfide) groups is 1. The van der Waals surface area contributed by atoms with Crippen molar-refractivity contribution in [1.29, 1.82) is 0 Å². The van der Waals surface area contributed by atoms with Gasteiger partial charge in [-0.15, -0.1) is 11.8 Å². The Bertz CT molecular complexity index is 550. The van der Waals surface area contributed by atoms with Crippen LogP contribution in [0.4, 0.5) is 8.78 Å².